The summed E-state index contributed by atoms with van der Waals surface area (Å²) >= 11 is 3.36. The second-order valence-corrected chi connectivity index (χ2v) is 6.75. The van der Waals surface area contributed by atoms with Gasteiger partial charge in [-0.25, -0.2) is 0 Å². The van der Waals surface area contributed by atoms with Crippen molar-refractivity contribution in [3.63, 3.8) is 0 Å². The topological polar surface area (TPSA) is 91.3 Å². The van der Waals surface area contributed by atoms with Crippen LogP contribution in [0.4, 0.5) is 5.69 Å². The van der Waals surface area contributed by atoms with Crippen LogP contribution in [-0.2, 0) is 6.54 Å². The van der Waals surface area contributed by atoms with Crippen molar-refractivity contribution in [3.05, 3.63) is 85.9 Å². The van der Waals surface area contributed by atoms with Crippen molar-refractivity contribution in [1.82, 2.24) is 9.55 Å². The Morgan fingerprint density at radius 2 is 2.07 bits per heavy atom. The van der Waals surface area contributed by atoms with Crippen molar-refractivity contribution in [2.75, 3.05) is 0 Å². The summed E-state index contributed by atoms with van der Waals surface area (Å²) in [4.78, 5) is 21.0. The summed E-state index contributed by atoms with van der Waals surface area (Å²) in [5.74, 6) is -0.235. The van der Waals surface area contributed by atoms with Gasteiger partial charge in [0.25, 0.3) is 5.56 Å². The monoisotopic (exact) mass is 422 g/mol. The Labute approximate surface area is 164 Å². The van der Waals surface area contributed by atoms with Gasteiger partial charge in [0.05, 0.1) is 17.8 Å². The van der Waals surface area contributed by atoms with E-state index in [-0.39, 0.29) is 18.0 Å². The Kier molecular flexibility index (Phi) is 5.48. The van der Waals surface area contributed by atoms with Crippen LogP contribution in [0.25, 0.3) is 0 Å². The van der Waals surface area contributed by atoms with E-state index in [1.54, 1.807) is 31.5 Å². The normalized spacial score (nSPS) is 10.9. The molecule has 0 fully saturated rings. The molecular formula is C20H15BrN4O2. The second kappa shape index (κ2) is 7.98. The first-order chi connectivity index (χ1) is 13.0. The first-order valence-corrected chi connectivity index (χ1v) is 8.85. The first kappa shape index (κ1) is 18.5. The van der Waals surface area contributed by atoms with E-state index in [0.29, 0.717) is 16.8 Å². The molecule has 1 N–H and O–H groups in total. The maximum Gasteiger partial charge on any atom is 0.271 e. The lowest BCUT2D eigenvalue weighted by Gasteiger charge is -2.14. The maximum absolute atomic E-state index is 12.6. The predicted octanol–water partition coefficient (Wildman–Crippen LogP) is 3.69. The van der Waals surface area contributed by atoms with Crippen molar-refractivity contribution >= 4 is 27.8 Å². The molecule has 0 atom stereocenters. The van der Waals surface area contributed by atoms with Gasteiger partial charge in [-0.2, -0.15) is 5.26 Å². The van der Waals surface area contributed by atoms with E-state index in [0.717, 1.165) is 14.6 Å². The number of aliphatic imine (C=N–C) groups is 1. The summed E-state index contributed by atoms with van der Waals surface area (Å²) < 4.78 is 2.09. The molecule has 2 aromatic heterocycles. The zero-order valence-electron chi connectivity index (χ0n) is 14.4. The van der Waals surface area contributed by atoms with E-state index in [1.165, 1.54) is 6.21 Å². The molecular weight excluding hydrogens is 408 g/mol. The van der Waals surface area contributed by atoms with Crippen LogP contribution in [0.15, 0.2) is 63.1 Å². The number of aromatic nitrogens is 2. The van der Waals surface area contributed by atoms with Gasteiger partial charge in [-0.3, -0.25) is 19.3 Å². The van der Waals surface area contributed by atoms with Gasteiger partial charge in [0.2, 0.25) is 5.88 Å². The Balaban J connectivity index is 2.10. The van der Waals surface area contributed by atoms with Gasteiger partial charge in [0, 0.05) is 23.1 Å². The first-order valence-electron chi connectivity index (χ1n) is 8.06. The molecule has 0 saturated heterocycles. The van der Waals surface area contributed by atoms with E-state index >= 15 is 0 Å². The number of halogens is 1. The number of rotatable bonds is 4. The highest BCUT2D eigenvalue weighted by molar-refractivity contribution is 9.10. The molecule has 0 aliphatic heterocycles. The lowest BCUT2D eigenvalue weighted by molar-refractivity contribution is 0.413. The van der Waals surface area contributed by atoms with Gasteiger partial charge in [-0.05, 0) is 48.4 Å². The quantitative estimate of drug-likeness (QED) is 0.648. The van der Waals surface area contributed by atoms with Crippen molar-refractivity contribution in [3.8, 4) is 11.9 Å². The average molecular weight is 423 g/mol. The Hall–Kier alpha value is -3.24. The molecule has 6 nitrogen and oxygen atoms in total. The molecule has 27 heavy (non-hydrogen) atoms. The van der Waals surface area contributed by atoms with E-state index in [4.69, 9.17) is 0 Å². The summed E-state index contributed by atoms with van der Waals surface area (Å²) in [6.07, 6.45) is 4.69. The minimum Gasteiger partial charge on any atom is -0.494 e. The fourth-order valence-electron chi connectivity index (χ4n) is 2.61. The zero-order valence-corrected chi connectivity index (χ0v) is 16.0. The molecule has 0 amide bonds. The molecule has 0 radical (unpaired) electrons. The third kappa shape index (κ3) is 3.96. The van der Waals surface area contributed by atoms with E-state index in [2.05, 4.69) is 25.9 Å². The van der Waals surface area contributed by atoms with E-state index in [9.17, 15) is 15.2 Å². The van der Waals surface area contributed by atoms with Crippen LogP contribution in [0.5, 0.6) is 5.88 Å². The van der Waals surface area contributed by atoms with Gasteiger partial charge in [0.15, 0.2) is 0 Å². The van der Waals surface area contributed by atoms with Gasteiger partial charge in [-0.15, -0.1) is 0 Å². The number of aromatic hydroxyl groups is 1. The van der Waals surface area contributed by atoms with Crippen LogP contribution in [-0.4, -0.2) is 20.9 Å². The smallest absolute Gasteiger partial charge is 0.271 e. The molecule has 0 saturated carbocycles. The molecule has 0 aliphatic carbocycles. The minimum atomic E-state index is -0.544. The Morgan fingerprint density at radius 1 is 1.33 bits per heavy atom. The molecule has 134 valence electrons. The van der Waals surface area contributed by atoms with Crippen LogP contribution < -0.4 is 5.56 Å². The van der Waals surface area contributed by atoms with Gasteiger partial charge in [0.1, 0.15) is 11.6 Å². The largest absolute Gasteiger partial charge is 0.494 e. The lowest BCUT2D eigenvalue weighted by atomic mass is 10.1. The fourth-order valence-corrected chi connectivity index (χ4v) is 2.88. The summed E-state index contributed by atoms with van der Waals surface area (Å²) in [6.45, 7) is 1.73. The molecule has 2 heterocycles. The highest BCUT2D eigenvalue weighted by Crippen LogP contribution is 2.22. The van der Waals surface area contributed by atoms with E-state index in [1.807, 2.05) is 30.3 Å². The summed E-state index contributed by atoms with van der Waals surface area (Å²) in [6, 6.07) is 12.8. The van der Waals surface area contributed by atoms with Crippen LogP contribution >= 0.6 is 15.9 Å². The summed E-state index contributed by atoms with van der Waals surface area (Å²) in [5, 5.41) is 20.1. The highest BCUT2D eigenvalue weighted by atomic mass is 79.9. The molecule has 7 heteroatoms. The molecule has 0 unspecified atom stereocenters. The van der Waals surface area contributed by atoms with Gasteiger partial charge >= 0.3 is 0 Å². The van der Waals surface area contributed by atoms with Crippen LogP contribution in [0.3, 0.4) is 0 Å². The molecule has 0 aliphatic rings. The molecule has 0 bridgehead atoms. The number of nitriles is 1. The van der Waals surface area contributed by atoms with E-state index < -0.39 is 5.56 Å². The lowest BCUT2D eigenvalue weighted by Crippen LogP contribution is -2.26. The van der Waals surface area contributed by atoms with Crippen molar-refractivity contribution < 1.29 is 5.11 Å². The van der Waals surface area contributed by atoms with Crippen LogP contribution in [0.2, 0.25) is 0 Å². The second-order valence-electron chi connectivity index (χ2n) is 5.84. The predicted molar refractivity (Wildman–Crippen MR) is 107 cm³/mol. The zero-order chi connectivity index (χ0) is 19.4. The van der Waals surface area contributed by atoms with Gasteiger partial charge in [-0.1, -0.05) is 22.0 Å². The highest BCUT2D eigenvalue weighted by Gasteiger charge is 2.18. The number of nitrogens with zero attached hydrogens (tertiary/aromatic N) is 4. The third-order valence-electron chi connectivity index (χ3n) is 4.08. The van der Waals surface area contributed by atoms with Crippen LogP contribution in [0, 0.1) is 18.3 Å². The Bertz CT molecular complexity index is 1100. The van der Waals surface area contributed by atoms with Crippen LogP contribution in [0.1, 0.15) is 22.3 Å². The molecule has 0 spiro atoms. The number of pyridine rings is 2. The number of benzene rings is 1. The summed E-state index contributed by atoms with van der Waals surface area (Å²) in [7, 11) is 0. The molecule has 1 aromatic carbocycles. The van der Waals surface area contributed by atoms with Gasteiger partial charge < -0.3 is 5.11 Å². The van der Waals surface area contributed by atoms with Crippen molar-refractivity contribution in [1.29, 1.82) is 5.26 Å². The third-order valence-corrected chi connectivity index (χ3v) is 4.61. The minimum absolute atomic E-state index is 0.0195. The SMILES string of the molecule is Cc1c(C=Nc2ccc(Br)cc2)c(O)n(Cc2cccnc2)c(=O)c1C#N. The Morgan fingerprint density at radius 3 is 2.70 bits per heavy atom. The van der Waals surface area contributed by atoms with Crippen molar-refractivity contribution in [2.24, 2.45) is 4.99 Å². The number of hydrogen-bond acceptors (Lipinski definition) is 5. The maximum atomic E-state index is 12.6. The van der Waals surface area contributed by atoms with Crippen molar-refractivity contribution in [2.45, 2.75) is 13.5 Å². The summed E-state index contributed by atoms with van der Waals surface area (Å²) in [5.41, 5.74) is 1.58. The fraction of sp³-hybridized carbons (Fsp3) is 0.100. The molecule has 3 aromatic rings. The standard InChI is InChI=1S/C20H15BrN4O2/c1-13-17(9-22)19(26)25(12-14-3-2-8-23-10-14)20(27)18(13)11-24-16-6-4-15(21)5-7-16/h2-8,10-11,27H,12H2,1H3. The molecule has 3 rings (SSSR count). The average Bonchev–Trinajstić information content (AvgIpc) is 2.68. The number of hydrogen-bond donors (Lipinski definition) is 1.